The number of alkyl halides is 1. The Morgan fingerprint density at radius 2 is 2.17 bits per heavy atom. The van der Waals surface area contributed by atoms with Crippen molar-refractivity contribution in [3.05, 3.63) is 0 Å². The van der Waals surface area contributed by atoms with Crippen molar-refractivity contribution < 1.29 is 4.79 Å². The number of carbonyl (C=O) groups is 1. The molecule has 1 atom stereocenters. The average molecular weight is 187 g/mol. The molecular formula is C10H15ClO. The average Bonchev–Trinajstić information content (AvgIpc) is 2.73. The highest BCUT2D eigenvalue weighted by Gasteiger charge is 2.51. The standard InChI is InChI=1S/C10H15ClO/c11-7-9(12)6-8-2-1-3-10(8)4-5-10/h8H,1-7H2. The van der Waals surface area contributed by atoms with Crippen molar-refractivity contribution in [1.29, 1.82) is 0 Å². The van der Waals surface area contributed by atoms with Gasteiger partial charge in [0, 0.05) is 6.42 Å². The minimum atomic E-state index is 0.215. The van der Waals surface area contributed by atoms with Gasteiger partial charge in [-0.25, -0.2) is 0 Å². The van der Waals surface area contributed by atoms with E-state index in [1.165, 1.54) is 32.1 Å². The molecule has 0 radical (unpaired) electrons. The maximum atomic E-state index is 11.2. The van der Waals surface area contributed by atoms with E-state index in [-0.39, 0.29) is 11.7 Å². The Kier molecular flexibility index (Phi) is 2.16. The predicted octanol–water partition coefficient (Wildman–Crippen LogP) is 2.76. The minimum absolute atomic E-state index is 0.215. The van der Waals surface area contributed by atoms with Gasteiger partial charge in [-0.3, -0.25) is 4.79 Å². The zero-order valence-electron chi connectivity index (χ0n) is 7.31. The van der Waals surface area contributed by atoms with E-state index in [2.05, 4.69) is 0 Å². The molecule has 0 aromatic heterocycles. The first kappa shape index (κ1) is 8.55. The van der Waals surface area contributed by atoms with E-state index in [1.807, 2.05) is 0 Å². The molecule has 68 valence electrons. The van der Waals surface area contributed by atoms with Gasteiger partial charge in [-0.2, -0.15) is 0 Å². The molecule has 2 heteroatoms. The van der Waals surface area contributed by atoms with Crippen LogP contribution in [0.4, 0.5) is 0 Å². The zero-order valence-corrected chi connectivity index (χ0v) is 8.07. The van der Waals surface area contributed by atoms with E-state index in [1.54, 1.807) is 0 Å². The molecule has 2 rings (SSSR count). The molecule has 1 nitrogen and oxygen atoms in total. The Balaban J connectivity index is 1.91. The quantitative estimate of drug-likeness (QED) is 0.620. The summed E-state index contributed by atoms with van der Waals surface area (Å²) in [6.07, 6.45) is 7.46. The maximum Gasteiger partial charge on any atom is 0.147 e. The van der Waals surface area contributed by atoms with Crippen LogP contribution >= 0.6 is 11.6 Å². The van der Waals surface area contributed by atoms with Gasteiger partial charge in [0.15, 0.2) is 0 Å². The van der Waals surface area contributed by atoms with Gasteiger partial charge in [-0.15, -0.1) is 11.6 Å². The molecule has 0 amide bonds. The first-order valence-electron chi connectivity index (χ1n) is 4.84. The number of ketones is 1. The van der Waals surface area contributed by atoms with Gasteiger partial charge in [0.2, 0.25) is 0 Å². The normalized spacial score (nSPS) is 30.9. The number of rotatable bonds is 3. The summed E-state index contributed by atoms with van der Waals surface area (Å²) in [5.41, 5.74) is 0.613. The van der Waals surface area contributed by atoms with Gasteiger partial charge in [0.05, 0.1) is 5.88 Å². The van der Waals surface area contributed by atoms with E-state index in [4.69, 9.17) is 11.6 Å². The summed E-state index contributed by atoms with van der Waals surface area (Å²) in [6, 6.07) is 0. The summed E-state index contributed by atoms with van der Waals surface area (Å²) in [5, 5.41) is 0. The molecule has 0 aliphatic heterocycles. The molecule has 0 aromatic carbocycles. The van der Waals surface area contributed by atoms with E-state index in [0.29, 0.717) is 11.3 Å². The lowest BCUT2D eigenvalue weighted by Gasteiger charge is -2.16. The molecule has 12 heavy (non-hydrogen) atoms. The monoisotopic (exact) mass is 186 g/mol. The SMILES string of the molecule is O=C(CCl)CC1CCCC12CC2. The Labute approximate surface area is 78.5 Å². The highest BCUT2D eigenvalue weighted by Crippen LogP contribution is 2.62. The lowest BCUT2D eigenvalue weighted by molar-refractivity contribution is -0.117. The number of hydrogen-bond donors (Lipinski definition) is 0. The van der Waals surface area contributed by atoms with Crippen LogP contribution in [0.2, 0.25) is 0 Å². The lowest BCUT2D eigenvalue weighted by atomic mass is 9.89. The van der Waals surface area contributed by atoms with E-state index in [9.17, 15) is 4.79 Å². The molecule has 2 aliphatic rings. The largest absolute Gasteiger partial charge is 0.298 e. The van der Waals surface area contributed by atoms with Gasteiger partial charge in [0.1, 0.15) is 5.78 Å². The Bertz CT molecular complexity index is 196. The summed E-state index contributed by atoms with van der Waals surface area (Å²) in [7, 11) is 0. The molecule has 2 saturated carbocycles. The van der Waals surface area contributed by atoms with Crippen LogP contribution in [0, 0.1) is 11.3 Å². The lowest BCUT2D eigenvalue weighted by Crippen LogP contribution is -2.14. The second-order valence-corrected chi connectivity index (χ2v) is 4.60. The Hall–Kier alpha value is -0.0400. The second kappa shape index (κ2) is 3.02. The zero-order chi connectivity index (χ0) is 8.60. The van der Waals surface area contributed by atoms with Crippen LogP contribution < -0.4 is 0 Å². The van der Waals surface area contributed by atoms with Gasteiger partial charge >= 0.3 is 0 Å². The van der Waals surface area contributed by atoms with E-state index >= 15 is 0 Å². The molecule has 2 fully saturated rings. The van der Waals surface area contributed by atoms with E-state index < -0.39 is 0 Å². The van der Waals surface area contributed by atoms with Crippen LogP contribution in [0.25, 0.3) is 0 Å². The van der Waals surface area contributed by atoms with Gasteiger partial charge < -0.3 is 0 Å². The molecule has 0 heterocycles. The maximum absolute atomic E-state index is 11.2. The van der Waals surface area contributed by atoms with Crippen LogP contribution in [0.1, 0.15) is 38.5 Å². The van der Waals surface area contributed by atoms with Crippen molar-refractivity contribution in [3.63, 3.8) is 0 Å². The Morgan fingerprint density at radius 1 is 1.42 bits per heavy atom. The van der Waals surface area contributed by atoms with Crippen molar-refractivity contribution >= 4 is 17.4 Å². The first-order valence-corrected chi connectivity index (χ1v) is 5.38. The predicted molar refractivity (Wildman–Crippen MR) is 49.4 cm³/mol. The van der Waals surface area contributed by atoms with Crippen molar-refractivity contribution in [2.75, 3.05) is 5.88 Å². The second-order valence-electron chi connectivity index (χ2n) is 4.33. The highest BCUT2D eigenvalue weighted by atomic mass is 35.5. The smallest absolute Gasteiger partial charge is 0.147 e. The molecule has 1 spiro atoms. The fourth-order valence-corrected chi connectivity index (χ4v) is 2.79. The van der Waals surface area contributed by atoms with Crippen LogP contribution in [0.15, 0.2) is 0 Å². The van der Waals surface area contributed by atoms with E-state index in [0.717, 1.165) is 6.42 Å². The molecule has 0 saturated heterocycles. The van der Waals surface area contributed by atoms with Crippen molar-refractivity contribution in [2.24, 2.45) is 11.3 Å². The molecular weight excluding hydrogens is 172 g/mol. The summed E-state index contributed by atoms with van der Waals surface area (Å²) < 4.78 is 0. The fraction of sp³-hybridized carbons (Fsp3) is 0.900. The van der Waals surface area contributed by atoms with Crippen LogP contribution in [0.3, 0.4) is 0 Å². The van der Waals surface area contributed by atoms with Crippen molar-refractivity contribution in [3.8, 4) is 0 Å². The third-order valence-electron chi connectivity index (χ3n) is 3.61. The Morgan fingerprint density at radius 3 is 2.75 bits per heavy atom. The molecule has 0 N–H and O–H groups in total. The van der Waals surface area contributed by atoms with Crippen LogP contribution in [-0.4, -0.2) is 11.7 Å². The third kappa shape index (κ3) is 1.39. The summed E-state index contributed by atoms with van der Waals surface area (Å²) in [6.45, 7) is 0. The summed E-state index contributed by atoms with van der Waals surface area (Å²) in [4.78, 5) is 11.2. The topological polar surface area (TPSA) is 17.1 Å². The minimum Gasteiger partial charge on any atom is -0.298 e. The molecule has 0 bridgehead atoms. The number of carbonyl (C=O) groups excluding carboxylic acids is 1. The molecule has 2 aliphatic carbocycles. The van der Waals surface area contributed by atoms with Gasteiger partial charge in [0.25, 0.3) is 0 Å². The molecule has 0 aromatic rings. The summed E-state index contributed by atoms with van der Waals surface area (Å²) in [5.74, 6) is 1.14. The van der Waals surface area contributed by atoms with Gasteiger partial charge in [-0.05, 0) is 37.0 Å². The fourth-order valence-electron chi connectivity index (χ4n) is 2.68. The van der Waals surface area contributed by atoms with Crippen LogP contribution in [-0.2, 0) is 4.79 Å². The van der Waals surface area contributed by atoms with Crippen molar-refractivity contribution in [1.82, 2.24) is 0 Å². The number of Topliss-reactive ketones (excluding diaryl/α,β-unsaturated/α-hetero) is 1. The first-order chi connectivity index (χ1) is 5.77. The van der Waals surface area contributed by atoms with Crippen LogP contribution in [0.5, 0.6) is 0 Å². The van der Waals surface area contributed by atoms with Crippen molar-refractivity contribution in [2.45, 2.75) is 38.5 Å². The summed E-state index contributed by atoms with van der Waals surface area (Å²) >= 11 is 5.49. The van der Waals surface area contributed by atoms with Gasteiger partial charge in [-0.1, -0.05) is 6.42 Å². The highest BCUT2D eigenvalue weighted by molar-refractivity contribution is 6.27. The number of halogens is 1. The number of hydrogen-bond acceptors (Lipinski definition) is 1. The third-order valence-corrected chi connectivity index (χ3v) is 3.91. The molecule has 1 unspecified atom stereocenters.